The molecule has 0 aromatic heterocycles. The van der Waals surface area contributed by atoms with Crippen LogP contribution in [0.2, 0.25) is 5.02 Å². The molecular weight excluding hydrogens is 468 g/mol. The standard InChI is InChI=1S/C23H26BrClN2O3/c1-2-12-30-21-11-8-15(24)13-19(21)23(29)27-17-9-10-20(25)18(14-17)22(28)26-16-6-4-3-5-7-16/h8-11,13-14,16H,2-7,12H2,1H3,(H,26,28)(H,27,29). The Hall–Kier alpha value is -2.05. The lowest BCUT2D eigenvalue weighted by Gasteiger charge is -2.23. The second kappa shape index (κ2) is 10.8. The fourth-order valence-corrected chi connectivity index (χ4v) is 4.07. The summed E-state index contributed by atoms with van der Waals surface area (Å²) in [5.74, 6) is -0.0115. The summed E-state index contributed by atoms with van der Waals surface area (Å²) in [6.07, 6.45) is 6.29. The zero-order chi connectivity index (χ0) is 21.5. The summed E-state index contributed by atoms with van der Waals surface area (Å²) in [5, 5.41) is 6.27. The smallest absolute Gasteiger partial charge is 0.259 e. The van der Waals surface area contributed by atoms with Crippen LogP contribution in [0, 0.1) is 0 Å². The molecule has 5 nitrogen and oxygen atoms in total. The summed E-state index contributed by atoms with van der Waals surface area (Å²) < 4.78 is 6.48. The molecule has 30 heavy (non-hydrogen) atoms. The molecule has 2 amide bonds. The van der Waals surface area contributed by atoms with Gasteiger partial charge in [0.15, 0.2) is 0 Å². The molecule has 2 N–H and O–H groups in total. The summed E-state index contributed by atoms with van der Waals surface area (Å²) in [5.41, 5.74) is 1.28. The molecule has 3 rings (SSSR count). The summed E-state index contributed by atoms with van der Waals surface area (Å²) in [6.45, 7) is 2.53. The molecule has 1 fully saturated rings. The Morgan fingerprint density at radius 2 is 1.83 bits per heavy atom. The van der Waals surface area contributed by atoms with Crippen LogP contribution in [-0.2, 0) is 0 Å². The first-order valence-corrected chi connectivity index (χ1v) is 11.5. The topological polar surface area (TPSA) is 67.4 Å². The molecule has 2 aromatic carbocycles. The van der Waals surface area contributed by atoms with Crippen LogP contribution in [0.3, 0.4) is 0 Å². The van der Waals surface area contributed by atoms with Gasteiger partial charge in [-0.1, -0.05) is 53.7 Å². The molecule has 0 unspecified atom stereocenters. The quantitative estimate of drug-likeness (QED) is 0.482. The maximum atomic E-state index is 12.9. The molecule has 0 radical (unpaired) electrons. The first-order chi connectivity index (χ1) is 14.5. The number of carbonyl (C=O) groups excluding carboxylic acids is 2. The van der Waals surface area contributed by atoms with Crippen LogP contribution in [0.1, 0.15) is 66.2 Å². The number of ether oxygens (including phenoxy) is 1. The fourth-order valence-electron chi connectivity index (χ4n) is 3.50. The van der Waals surface area contributed by atoms with Crippen LogP contribution in [0.4, 0.5) is 5.69 Å². The van der Waals surface area contributed by atoms with Crippen molar-refractivity contribution in [1.29, 1.82) is 0 Å². The van der Waals surface area contributed by atoms with E-state index in [1.54, 1.807) is 30.3 Å². The molecule has 160 valence electrons. The van der Waals surface area contributed by atoms with Crippen molar-refractivity contribution in [3.8, 4) is 5.75 Å². The number of anilines is 1. The summed E-state index contributed by atoms with van der Waals surface area (Å²) in [4.78, 5) is 25.6. The van der Waals surface area contributed by atoms with Gasteiger partial charge in [0, 0.05) is 16.2 Å². The van der Waals surface area contributed by atoms with Crippen LogP contribution >= 0.6 is 27.5 Å². The van der Waals surface area contributed by atoms with Crippen molar-refractivity contribution in [2.24, 2.45) is 0 Å². The maximum Gasteiger partial charge on any atom is 0.259 e. The third kappa shape index (κ3) is 5.99. The minimum absolute atomic E-state index is 0.181. The van der Waals surface area contributed by atoms with E-state index in [1.165, 1.54) is 6.42 Å². The van der Waals surface area contributed by atoms with Gasteiger partial charge >= 0.3 is 0 Å². The number of hydrogen-bond acceptors (Lipinski definition) is 3. The van der Waals surface area contributed by atoms with Gasteiger partial charge in [-0.3, -0.25) is 9.59 Å². The highest BCUT2D eigenvalue weighted by atomic mass is 79.9. The van der Waals surface area contributed by atoms with Crippen LogP contribution < -0.4 is 15.4 Å². The van der Waals surface area contributed by atoms with Crippen molar-refractivity contribution in [2.45, 2.75) is 51.5 Å². The average Bonchev–Trinajstić information content (AvgIpc) is 2.74. The van der Waals surface area contributed by atoms with E-state index in [-0.39, 0.29) is 17.9 Å². The molecule has 1 saturated carbocycles. The fraction of sp³-hybridized carbons (Fsp3) is 0.391. The highest BCUT2D eigenvalue weighted by Crippen LogP contribution is 2.26. The molecule has 0 atom stereocenters. The van der Waals surface area contributed by atoms with E-state index in [0.29, 0.717) is 34.2 Å². The van der Waals surface area contributed by atoms with Gasteiger partial charge in [0.25, 0.3) is 11.8 Å². The average molecular weight is 494 g/mol. The maximum absolute atomic E-state index is 12.9. The summed E-state index contributed by atoms with van der Waals surface area (Å²) >= 11 is 9.67. The molecule has 0 saturated heterocycles. The van der Waals surface area contributed by atoms with Gasteiger partial charge in [0.2, 0.25) is 0 Å². The lowest BCUT2D eigenvalue weighted by Crippen LogP contribution is -2.36. The molecule has 0 heterocycles. The van der Waals surface area contributed by atoms with Crippen LogP contribution in [0.15, 0.2) is 40.9 Å². The number of benzene rings is 2. The van der Waals surface area contributed by atoms with Crippen molar-refractivity contribution in [3.63, 3.8) is 0 Å². The van der Waals surface area contributed by atoms with Crippen molar-refractivity contribution >= 4 is 45.0 Å². The Morgan fingerprint density at radius 3 is 2.57 bits per heavy atom. The Kier molecular flexibility index (Phi) is 8.16. The van der Waals surface area contributed by atoms with E-state index in [9.17, 15) is 9.59 Å². The Bertz CT molecular complexity index is 913. The Labute approximate surface area is 190 Å². The highest BCUT2D eigenvalue weighted by molar-refractivity contribution is 9.10. The lowest BCUT2D eigenvalue weighted by molar-refractivity contribution is 0.0926. The van der Waals surface area contributed by atoms with Crippen molar-refractivity contribution in [1.82, 2.24) is 5.32 Å². The normalized spacial score (nSPS) is 14.2. The van der Waals surface area contributed by atoms with E-state index in [4.69, 9.17) is 16.3 Å². The number of hydrogen-bond donors (Lipinski definition) is 2. The largest absolute Gasteiger partial charge is 0.493 e. The Balaban J connectivity index is 1.75. The van der Waals surface area contributed by atoms with E-state index in [1.807, 2.05) is 13.0 Å². The summed E-state index contributed by atoms with van der Waals surface area (Å²) in [6, 6.07) is 10.4. The van der Waals surface area contributed by atoms with Gasteiger partial charge in [-0.2, -0.15) is 0 Å². The number of carbonyl (C=O) groups is 2. The molecular formula is C23H26BrClN2O3. The second-order valence-electron chi connectivity index (χ2n) is 7.45. The zero-order valence-electron chi connectivity index (χ0n) is 17.0. The third-order valence-electron chi connectivity index (χ3n) is 5.06. The monoisotopic (exact) mass is 492 g/mol. The van der Waals surface area contributed by atoms with E-state index in [0.717, 1.165) is 36.6 Å². The summed E-state index contributed by atoms with van der Waals surface area (Å²) in [7, 11) is 0. The molecule has 2 aromatic rings. The molecule has 0 aliphatic heterocycles. The molecule has 7 heteroatoms. The van der Waals surface area contributed by atoms with Gasteiger partial charge in [-0.05, 0) is 55.7 Å². The minimum Gasteiger partial charge on any atom is -0.493 e. The molecule has 0 bridgehead atoms. The van der Waals surface area contributed by atoms with Gasteiger partial charge in [0.05, 0.1) is 22.8 Å². The van der Waals surface area contributed by atoms with Crippen molar-refractivity contribution < 1.29 is 14.3 Å². The number of halogens is 2. The molecule has 0 spiro atoms. The third-order valence-corrected chi connectivity index (χ3v) is 5.88. The number of nitrogens with one attached hydrogen (secondary N) is 2. The Morgan fingerprint density at radius 1 is 1.07 bits per heavy atom. The first kappa shape index (κ1) is 22.6. The minimum atomic E-state index is -0.316. The lowest BCUT2D eigenvalue weighted by atomic mass is 9.95. The van der Waals surface area contributed by atoms with Crippen LogP contribution in [0.5, 0.6) is 5.75 Å². The number of rotatable bonds is 7. The van der Waals surface area contributed by atoms with Gasteiger partial charge < -0.3 is 15.4 Å². The first-order valence-electron chi connectivity index (χ1n) is 10.3. The van der Waals surface area contributed by atoms with Crippen molar-refractivity contribution in [3.05, 3.63) is 57.0 Å². The SMILES string of the molecule is CCCOc1ccc(Br)cc1C(=O)Nc1ccc(Cl)c(C(=O)NC2CCCCC2)c1. The predicted octanol–water partition coefficient (Wildman–Crippen LogP) is 6.21. The molecule has 1 aliphatic rings. The highest BCUT2D eigenvalue weighted by Gasteiger charge is 2.20. The second-order valence-corrected chi connectivity index (χ2v) is 8.77. The van der Waals surface area contributed by atoms with Crippen LogP contribution in [0.25, 0.3) is 0 Å². The van der Waals surface area contributed by atoms with E-state index in [2.05, 4.69) is 26.6 Å². The number of amides is 2. The van der Waals surface area contributed by atoms with Gasteiger partial charge in [-0.15, -0.1) is 0 Å². The van der Waals surface area contributed by atoms with Crippen molar-refractivity contribution in [2.75, 3.05) is 11.9 Å². The van der Waals surface area contributed by atoms with Crippen LogP contribution in [-0.4, -0.2) is 24.5 Å². The zero-order valence-corrected chi connectivity index (χ0v) is 19.3. The van der Waals surface area contributed by atoms with E-state index >= 15 is 0 Å². The van der Waals surface area contributed by atoms with Gasteiger partial charge in [-0.25, -0.2) is 0 Å². The van der Waals surface area contributed by atoms with Gasteiger partial charge in [0.1, 0.15) is 5.75 Å². The van der Waals surface area contributed by atoms with E-state index < -0.39 is 0 Å². The predicted molar refractivity (Wildman–Crippen MR) is 124 cm³/mol. The molecule has 1 aliphatic carbocycles.